The summed E-state index contributed by atoms with van der Waals surface area (Å²) >= 11 is 0. The molecule has 4 rings (SSSR count). The third-order valence-electron chi connectivity index (χ3n) is 4.50. The Hall–Kier alpha value is -3.57. The maximum absolute atomic E-state index is 5.89. The van der Waals surface area contributed by atoms with E-state index in [2.05, 4.69) is 21.0 Å². The van der Waals surface area contributed by atoms with Gasteiger partial charge < -0.3 is 10.5 Å². The van der Waals surface area contributed by atoms with E-state index in [4.69, 9.17) is 10.5 Å². The van der Waals surface area contributed by atoms with Gasteiger partial charge in [-0.3, -0.25) is 9.97 Å². The molecule has 0 aliphatic heterocycles. The highest BCUT2D eigenvalue weighted by Crippen LogP contribution is 2.32. The summed E-state index contributed by atoms with van der Waals surface area (Å²) in [5, 5.41) is 0. The van der Waals surface area contributed by atoms with E-state index in [1.807, 2.05) is 67.0 Å². The Kier molecular flexibility index (Phi) is 5.08. The second-order valence-electron chi connectivity index (χ2n) is 6.31. The van der Waals surface area contributed by atoms with Gasteiger partial charge in [0.2, 0.25) is 0 Å². The molecule has 0 aliphatic rings. The van der Waals surface area contributed by atoms with Crippen LogP contribution >= 0.6 is 0 Å². The molecule has 3 heterocycles. The van der Waals surface area contributed by atoms with Crippen molar-refractivity contribution in [1.29, 1.82) is 0 Å². The number of pyridine rings is 3. The quantitative estimate of drug-likeness (QED) is 0.567. The molecule has 3 aromatic heterocycles. The van der Waals surface area contributed by atoms with E-state index >= 15 is 0 Å². The normalized spacial score (nSPS) is 10.6. The number of nitrogens with two attached hydrogens (primary N) is 1. The minimum absolute atomic E-state index is 0.354. The minimum atomic E-state index is 0.354. The van der Waals surface area contributed by atoms with E-state index in [9.17, 15) is 0 Å². The smallest absolute Gasteiger partial charge is 0.126 e. The predicted molar refractivity (Wildman–Crippen MR) is 111 cm³/mol. The van der Waals surface area contributed by atoms with E-state index < -0.39 is 0 Å². The first kappa shape index (κ1) is 17.8. The summed E-state index contributed by atoms with van der Waals surface area (Å²) in [6.07, 6.45) is 5.44. The highest BCUT2D eigenvalue weighted by molar-refractivity contribution is 5.76. The average Bonchev–Trinajstić information content (AvgIpc) is 2.79. The monoisotopic (exact) mass is 368 g/mol. The van der Waals surface area contributed by atoms with E-state index in [0.29, 0.717) is 6.54 Å². The SMILES string of the molecule is COc1ccccc1-c1cncc(-c2cc(CN)nc(-c3ccccn3)c2)c1. The van der Waals surface area contributed by atoms with Crippen molar-refractivity contribution in [1.82, 2.24) is 15.0 Å². The van der Waals surface area contributed by atoms with Gasteiger partial charge in [0.15, 0.2) is 0 Å². The number of hydrogen-bond donors (Lipinski definition) is 1. The third kappa shape index (κ3) is 3.61. The fraction of sp³-hybridized carbons (Fsp3) is 0.0870. The molecule has 0 spiro atoms. The summed E-state index contributed by atoms with van der Waals surface area (Å²) in [6.45, 7) is 0.354. The zero-order valence-electron chi connectivity index (χ0n) is 15.5. The third-order valence-corrected chi connectivity index (χ3v) is 4.50. The number of aromatic nitrogens is 3. The van der Waals surface area contributed by atoms with Gasteiger partial charge in [-0.15, -0.1) is 0 Å². The van der Waals surface area contributed by atoms with Gasteiger partial charge in [0.25, 0.3) is 0 Å². The molecule has 138 valence electrons. The van der Waals surface area contributed by atoms with Crippen molar-refractivity contribution in [2.75, 3.05) is 7.11 Å². The topological polar surface area (TPSA) is 73.9 Å². The zero-order chi connectivity index (χ0) is 19.3. The first-order valence-corrected chi connectivity index (χ1v) is 9.00. The maximum Gasteiger partial charge on any atom is 0.126 e. The molecule has 5 heteroatoms. The van der Waals surface area contributed by atoms with Crippen LogP contribution in [0.25, 0.3) is 33.6 Å². The van der Waals surface area contributed by atoms with Crippen LogP contribution in [0.5, 0.6) is 5.75 Å². The molecule has 0 unspecified atom stereocenters. The van der Waals surface area contributed by atoms with Crippen molar-refractivity contribution in [3.05, 3.63) is 84.9 Å². The Morgan fingerprint density at radius 1 is 0.857 bits per heavy atom. The largest absolute Gasteiger partial charge is 0.496 e. The van der Waals surface area contributed by atoms with Crippen molar-refractivity contribution in [2.24, 2.45) is 5.73 Å². The summed E-state index contributed by atoms with van der Waals surface area (Å²) in [5.74, 6) is 0.813. The number of benzene rings is 1. The molecular formula is C23H20N4O. The number of rotatable bonds is 5. The molecule has 28 heavy (non-hydrogen) atoms. The maximum atomic E-state index is 5.89. The zero-order valence-corrected chi connectivity index (χ0v) is 15.5. The van der Waals surface area contributed by atoms with Crippen molar-refractivity contribution < 1.29 is 4.74 Å². The molecular weight excluding hydrogens is 348 g/mol. The van der Waals surface area contributed by atoms with E-state index in [-0.39, 0.29) is 0 Å². The van der Waals surface area contributed by atoms with Gasteiger partial charge in [-0.05, 0) is 42.0 Å². The predicted octanol–water partition coefficient (Wildman–Crippen LogP) is 4.34. The Labute approximate surface area is 163 Å². The summed E-state index contributed by atoms with van der Waals surface area (Å²) in [6, 6.07) is 19.8. The molecule has 0 saturated heterocycles. The molecule has 0 atom stereocenters. The Balaban J connectivity index is 1.81. The van der Waals surface area contributed by atoms with Crippen LogP contribution in [0.4, 0.5) is 0 Å². The molecule has 1 aromatic carbocycles. The van der Waals surface area contributed by atoms with Crippen LogP contribution in [0.3, 0.4) is 0 Å². The van der Waals surface area contributed by atoms with Crippen LogP contribution in [0.2, 0.25) is 0 Å². The Morgan fingerprint density at radius 3 is 2.46 bits per heavy atom. The van der Waals surface area contributed by atoms with Crippen LogP contribution in [0, 0.1) is 0 Å². The molecule has 0 fully saturated rings. The summed E-state index contributed by atoms with van der Waals surface area (Å²) in [7, 11) is 1.67. The van der Waals surface area contributed by atoms with Crippen LogP contribution in [-0.4, -0.2) is 22.1 Å². The fourth-order valence-electron chi connectivity index (χ4n) is 3.13. The van der Waals surface area contributed by atoms with Crippen LogP contribution in [0.1, 0.15) is 5.69 Å². The molecule has 4 aromatic rings. The van der Waals surface area contributed by atoms with Gasteiger partial charge in [-0.2, -0.15) is 0 Å². The summed E-state index contributed by atoms with van der Waals surface area (Å²) in [4.78, 5) is 13.5. The van der Waals surface area contributed by atoms with Crippen LogP contribution in [-0.2, 0) is 6.54 Å². The number of methoxy groups -OCH3 is 1. The second kappa shape index (κ2) is 7.98. The lowest BCUT2D eigenvalue weighted by Gasteiger charge is -2.11. The second-order valence-corrected chi connectivity index (χ2v) is 6.31. The molecule has 2 N–H and O–H groups in total. The molecule has 0 saturated carbocycles. The lowest BCUT2D eigenvalue weighted by molar-refractivity contribution is 0.416. The summed E-state index contributed by atoms with van der Waals surface area (Å²) < 4.78 is 5.50. The van der Waals surface area contributed by atoms with Gasteiger partial charge in [0, 0.05) is 41.8 Å². The van der Waals surface area contributed by atoms with E-state index in [1.165, 1.54) is 0 Å². The highest BCUT2D eigenvalue weighted by atomic mass is 16.5. The molecule has 5 nitrogen and oxygen atoms in total. The Bertz CT molecular complexity index is 1100. The first-order valence-electron chi connectivity index (χ1n) is 9.00. The lowest BCUT2D eigenvalue weighted by atomic mass is 10.0. The van der Waals surface area contributed by atoms with Gasteiger partial charge >= 0.3 is 0 Å². The van der Waals surface area contributed by atoms with Crippen LogP contribution < -0.4 is 10.5 Å². The van der Waals surface area contributed by atoms with Gasteiger partial charge in [-0.25, -0.2) is 4.98 Å². The van der Waals surface area contributed by atoms with Gasteiger partial charge in [-0.1, -0.05) is 24.3 Å². The fourth-order valence-corrected chi connectivity index (χ4v) is 3.13. The van der Waals surface area contributed by atoms with Gasteiger partial charge in [0.05, 0.1) is 24.2 Å². The number of para-hydroxylation sites is 1. The molecule has 0 radical (unpaired) electrons. The van der Waals surface area contributed by atoms with Crippen molar-refractivity contribution in [2.45, 2.75) is 6.54 Å². The average molecular weight is 368 g/mol. The first-order chi connectivity index (χ1) is 13.8. The molecule has 0 bridgehead atoms. The minimum Gasteiger partial charge on any atom is -0.496 e. The summed E-state index contributed by atoms with van der Waals surface area (Å²) in [5.41, 5.74) is 12.3. The molecule has 0 aliphatic carbocycles. The number of nitrogens with zero attached hydrogens (tertiary/aromatic N) is 3. The van der Waals surface area contributed by atoms with Crippen molar-refractivity contribution in [3.63, 3.8) is 0 Å². The van der Waals surface area contributed by atoms with Crippen LogP contribution in [0.15, 0.2) is 79.3 Å². The van der Waals surface area contributed by atoms with Crippen molar-refractivity contribution >= 4 is 0 Å². The number of ether oxygens (including phenoxy) is 1. The van der Waals surface area contributed by atoms with Crippen molar-refractivity contribution in [3.8, 4) is 39.4 Å². The molecule has 0 amide bonds. The van der Waals surface area contributed by atoms with E-state index in [0.717, 1.165) is 45.1 Å². The highest BCUT2D eigenvalue weighted by Gasteiger charge is 2.10. The number of hydrogen-bond acceptors (Lipinski definition) is 5. The van der Waals surface area contributed by atoms with Gasteiger partial charge in [0.1, 0.15) is 5.75 Å². The Morgan fingerprint density at radius 2 is 1.68 bits per heavy atom. The van der Waals surface area contributed by atoms with E-state index in [1.54, 1.807) is 13.3 Å². The standard InChI is InChI=1S/C23H20N4O/c1-28-23-8-3-2-6-20(23)18-10-17(14-25-15-18)16-11-19(13-24)27-22(12-16)21-7-4-5-9-26-21/h2-12,14-15H,13,24H2,1H3. The lowest BCUT2D eigenvalue weighted by Crippen LogP contribution is -2.02.